The maximum Gasteiger partial charge on any atom is 0.347 e. The van der Waals surface area contributed by atoms with Crippen molar-refractivity contribution in [2.75, 3.05) is 7.11 Å². The minimum Gasteiger partial charge on any atom is -0.506 e. The molecule has 1 aliphatic rings. The number of hydrogen-bond donors (Lipinski definition) is 2. The minimum absolute atomic E-state index is 0.0235. The number of ketones is 1. The Bertz CT molecular complexity index is 2230. The van der Waals surface area contributed by atoms with E-state index in [9.17, 15) is 39.0 Å². The van der Waals surface area contributed by atoms with E-state index in [1.165, 1.54) is 40.0 Å². The SMILES string of the molecule is C=Cc1c(OC(=O)c2c(C)c(C)c(OC(=O)C3(C=O)C(C)=CC(=O)C=C3OC)c(Br)c2O)cc(C)c(C(=O)Oc2c(C)c(C)c(C(=O)O)c(C)c2C)c1C. The Balaban J connectivity index is 1.71. The number of allylic oxidation sites excluding steroid dienone is 2. The standard InChI is InChI=1S/C41H39BrO12/c1-12-27-25(10)30(38(48)53-35-22(7)19(4)31(37(46)47)20(5)23(35)8)17(2)13-28(27)52-39(49)32-21(6)24(9)36(33(42)34(32)45)54-40(50)41(16-43)18(3)14-26(44)15-29(41)51-11/h12-16,45H,1H2,2-11H3,(H,46,47). The van der Waals surface area contributed by atoms with Gasteiger partial charge >= 0.3 is 23.9 Å². The van der Waals surface area contributed by atoms with E-state index in [0.29, 0.717) is 39.7 Å². The highest BCUT2D eigenvalue weighted by Gasteiger charge is 2.50. The molecule has 1 unspecified atom stereocenters. The van der Waals surface area contributed by atoms with E-state index in [1.54, 1.807) is 41.5 Å². The molecule has 0 radical (unpaired) electrons. The third-order valence-electron chi connectivity index (χ3n) is 10.0. The van der Waals surface area contributed by atoms with Crippen LogP contribution in [0.4, 0.5) is 0 Å². The van der Waals surface area contributed by atoms with Crippen molar-refractivity contribution >= 4 is 58.0 Å². The number of aromatic carboxylic acids is 1. The summed E-state index contributed by atoms with van der Waals surface area (Å²) in [6.07, 6.45) is 3.83. The second-order valence-electron chi connectivity index (χ2n) is 13.0. The molecule has 0 fully saturated rings. The van der Waals surface area contributed by atoms with Gasteiger partial charge in [-0.25, -0.2) is 19.2 Å². The van der Waals surface area contributed by atoms with Gasteiger partial charge in [-0.2, -0.15) is 0 Å². The number of aromatic hydroxyl groups is 1. The van der Waals surface area contributed by atoms with E-state index in [2.05, 4.69) is 22.5 Å². The van der Waals surface area contributed by atoms with Gasteiger partial charge in [0.2, 0.25) is 5.41 Å². The number of aryl methyl sites for hydroxylation is 1. The van der Waals surface area contributed by atoms with E-state index >= 15 is 0 Å². The van der Waals surface area contributed by atoms with Gasteiger partial charge in [-0.05, 0) is 140 Å². The predicted octanol–water partition coefficient (Wildman–Crippen LogP) is 7.55. The van der Waals surface area contributed by atoms with Crippen molar-refractivity contribution in [2.24, 2.45) is 5.41 Å². The van der Waals surface area contributed by atoms with Crippen molar-refractivity contribution in [2.45, 2.75) is 62.3 Å². The Hall–Kier alpha value is -5.82. The van der Waals surface area contributed by atoms with E-state index in [-0.39, 0.29) is 66.4 Å². The van der Waals surface area contributed by atoms with Crippen LogP contribution in [0.2, 0.25) is 0 Å². The van der Waals surface area contributed by atoms with Crippen molar-refractivity contribution < 1.29 is 57.9 Å². The number of halogens is 1. The highest BCUT2D eigenvalue weighted by molar-refractivity contribution is 9.10. The summed E-state index contributed by atoms with van der Waals surface area (Å²) in [7, 11) is 1.20. The van der Waals surface area contributed by atoms with E-state index in [4.69, 9.17) is 18.9 Å². The molecule has 0 amide bonds. The number of rotatable bonds is 10. The van der Waals surface area contributed by atoms with E-state index < -0.39 is 40.8 Å². The van der Waals surface area contributed by atoms with Crippen LogP contribution in [0, 0.1) is 60.8 Å². The molecule has 0 aliphatic heterocycles. The number of carbonyl (C=O) groups is 6. The fourth-order valence-electron chi connectivity index (χ4n) is 6.61. The fraction of sp³-hybridized carbons (Fsp3) is 0.268. The first-order valence-corrected chi connectivity index (χ1v) is 17.2. The zero-order valence-electron chi connectivity index (χ0n) is 31.4. The van der Waals surface area contributed by atoms with Gasteiger partial charge in [0, 0.05) is 11.6 Å². The molecule has 54 heavy (non-hydrogen) atoms. The van der Waals surface area contributed by atoms with Crippen LogP contribution < -0.4 is 14.2 Å². The van der Waals surface area contributed by atoms with Crippen LogP contribution >= 0.6 is 15.9 Å². The first-order valence-electron chi connectivity index (χ1n) is 16.4. The number of methoxy groups -OCH3 is 1. The minimum atomic E-state index is -2.08. The first-order chi connectivity index (χ1) is 25.2. The Labute approximate surface area is 320 Å². The van der Waals surface area contributed by atoms with Crippen LogP contribution in [0.5, 0.6) is 23.0 Å². The maximum atomic E-state index is 13.8. The number of phenolic OH excluding ortho intramolecular Hbond substituents is 1. The first kappa shape index (κ1) is 40.9. The lowest BCUT2D eigenvalue weighted by Gasteiger charge is -2.30. The molecule has 0 saturated heterocycles. The molecule has 3 aromatic rings. The number of benzene rings is 3. The molecule has 13 heteroatoms. The summed E-state index contributed by atoms with van der Waals surface area (Å²) in [5.41, 5.74) is 1.46. The number of carboxylic acids is 1. The number of aldehydes is 1. The average molecular weight is 804 g/mol. The van der Waals surface area contributed by atoms with Gasteiger partial charge in [0.15, 0.2) is 11.5 Å². The van der Waals surface area contributed by atoms with Crippen LogP contribution in [0.3, 0.4) is 0 Å². The number of ether oxygens (including phenoxy) is 4. The van der Waals surface area contributed by atoms with E-state index in [1.807, 2.05) is 0 Å². The van der Waals surface area contributed by atoms with Gasteiger partial charge in [-0.3, -0.25) is 4.79 Å². The van der Waals surface area contributed by atoms with Crippen molar-refractivity contribution in [1.29, 1.82) is 0 Å². The lowest BCUT2D eigenvalue weighted by molar-refractivity contribution is -0.146. The van der Waals surface area contributed by atoms with Gasteiger partial charge in [0.25, 0.3) is 0 Å². The lowest BCUT2D eigenvalue weighted by Crippen LogP contribution is -2.42. The normalized spacial score (nSPS) is 15.1. The highest BCUT2D eigenvalue weighted by Crippen LogP contribution is 2.45. The zero-order valence-corrected chi connectivity index (χ0v) is 33.0. The van der Waals surface area contributed by atoms with Crippen molar-refractivity contribution in [3.05, 3.63) is 107 Å². The molecule has 4 rings (SSSR count). The third kappa shape index (κ3) is 6.64. The van der Waals surface area contributed by atoms with Gasteiger partial charge < -0.3 is 34.0 Å². The maximum absolute atomic E-state index is 13.8. The monoisotopic (exact) mass is 802 g/mol. The molecule has 0 saturated carbocycles. The Morgan fingerprint density at radius 3 is 1.81 bits per heavy atom. The van der Waals surface area contributed by atoms with E-state index in [0.717, 1.165) is 12.2 Å². The number of esters is 3. The summed E-state index contributed by atoms with van der Waals surface area (Å²) in [4.78, 5) is 77.5. The van der Waals surface area contributed by atoms with Crippen LogP contribution in [0.1, 0.15) is 88.1 Å². The molecule has 1 atom stereocenters. The zero-order chi connectivity index (χ0) is 40.7. The topological polar surface area (TPSA) is 180 Å². The molecule has 0 aromatic heterocycles. The van der Waals surface area contributed by atoms with Gasteiger partial charge in [0.1, 0.15) is 39.3 Å². The Kier molecular flexibility index (Phi) is 11.6. The number of carboxylic acid groups (broad SMARTS) is 1. The van der Waals surface area contributed by atoms with Crippen LogP contribution in [-0.2, 0) is 19.1 Å². The smallest absolute Gasteiger partial charge is 0.347 e. The quantitative estimate of drug-likeness (QED) is 0.0891. The molecule has 0 heterocycles. The van der Waals surface area contributed by atoms with Crippen LogP contribution in [0.25, 0.3) is 6.08 Å². The molecule has 2 N–H and O–H groups in total. The Morgan fingerprint density at radius 1 is 0.759 bits per heavy atom. The number of hydrogen-bond acceptors (Lipinski definition) is 11. The molecular formula is C41H39BrO12. The summed E-state index contributed by atoms with van der Waals surface area (Å²) >= 11 is 3.22. The molecule has 0 bridgehead atoms. The molecule has 0 spiro atoms. The van der Waals surface area contributed by atoms with Crippen molar-refractivity contribution in [3.8, 4) is 23.0 Å². The van der Waals surface area contributed by atoms with Crippen molar-refractivity contribution in [1.82, 2.24) is 0 Å². The summed E-state index contributed by atoms with van der Waals surface area (Å²) in [6, 6.07) is 1.46. The van der Waals surface area contributed by atoms with Gasteiger partial charge in [-0.1, -0.05) is 12.7 Å². The predicted molar refractivity (Wildman–Crippen MR) is 202 cm³/mol. The fourth-order valence-corrected chi connectivity index (χ4v) is 7.19. The number of phenols is 1. The highest BCUT2D eigenvalue weighted by atomic mass is 79.9. The van der Waals surface area contributed by atoms with Crippen LogP contribution in [-0.4, -0.2) is 53.3 Å². The third-order valence-corrected chi connectivity index (χ3v) is 10.8. The molecule has 3 aromatic carbocycles. The van der Waals surface area contributed by atoms with Gasteiger partial charge in [-0.15, -0.1) is 0 Å². The molecule has 282 valence electrons. The molecule has 12 nitrogen and oxygen atoms in total. The average Bonchev–Trinajstić information content (AvgIpc) is 3.10. The summed E-state index contributed by atoms with van der Waals surface area (Å²) in [5, 5.41) is 21.0. The lowest BCUT2D eigenvalue weighted by atomic mass is 9.76. The second-order valence-corrected chi connectivity index (χ2v) is 13.8. The van der Waals surface area contributed by atoms with Crippen LogP contribution in [0.15, 0.2) is 40.6 Å². The Morgan fingerprint density at radius 2 is 1.30 bits per heavy atom. The second kappa shape index (κ2) is 15.3. The molecular weight excluding hydrogens is 764 g/mol. The van der Waals surface area contributed by atoms with Gasteiger partial charge in [0.05, 0.1) is 18.2 Å². The summed E-state index contributed by atoms with van der Waals surface area (Å²) < 4.78 is 22.4. The number of carbonyl (C=O) groups excluding carboxylic acids is 5. The summed E-state index contributed by atoms with van der Waals surface area (Å²) in [6.45, 7) is 18.2. The largest absolute Gasteiger partial charge is 0.506 e. The summed E-state index contributed by atoms with van der Waals surface area (Å²) in [5.74, 6) is -5.17. The van der Waals surface area contributed by atoms with Crippen molar-refractivity contribution in [3.63, 3.8) is 0 Å². The molecule has 1 aliphatic carbocycles.